The first kappa shape index (κ1) is 15.5. The monoisotopic (exact) mass is 263 g/mol. The lowest BCUT2D eigenvalue weighted by molar-refractivity contribution is 0.0428. The van der Waals surface area contributed by atoms with Crippen molar-refractivity contribution in [3.63, 3.8) is 0 Å². The Bertz CT molecular complexity index is 395. The first-order chi connectivity index (χ1) is 9.10. The Morgan fingerprint density at radius 3 is 2.68 bits per heavy atom. The van der Waals surface area contributed by atoms with E-state index >= 15 is 0 Å². The number of ether oxygens (including phenoxy) is 1. The quantitative estimate of drug-likeness (QED) is 0.598. The molecule has 0 spiro atoms. The van der Waals surface area contributed by atoms with Crippen LogP contribution in [-0.2, 0) is 4.74 Å². The number of carbonyl (C=O) groups is 1. The summed E-state index contributed by atoms with van der Waals surface area (Å²) < 4.78 is 5.42. The van der Waals surface area contributed by atoms with Crippen molar-refractivity contribution in [3.8, 4) is 0 Å². The van der Waals surface area contributed by atoms with E-state index in [1.165, 1.54) is 12.8 Å². The van der Waals surface area contributed by atoms with Crippen molar-refractivity contribution >= 4 is 11.7 Å². The molecule has 3 heteroatoms. The van der Waals surface area contributed by atoms with Crippen molar-refractivity contribution in [2.24, 2.45) is 5.92 Å². The fourth-order valence-electron chi connectivity index (χ4n) is 2.13. The predicted molar refractivity (Wildman–Crippen MR) is 79.2 cm³/mol. The van der Waals surface area contributed by atoms with E-state index in [0.717, 1.165) is 18.4 Å². The van der Waals surface area contributed by atoms with Gasteiger partial charge in [0.15, 0.2) is 0 Å². The number of hydrogen-bond donors (Lipinski definition) is 1. The van der Waals surface area contributed by atoms with E-state index in [4.69, 9.17) is 10.5 Å². The molecule has 1 aromatic rings. The molecule has 0 heterocycles. The molecule has 1 aromatic carbocycles. The van der Waals surface area contributed by atoms with Crippen molar-refractivity contribution in [3.05, 3.63) is 29.3 Å². The lowest BCUT2D eigenvalue weighted by Gasteiger charge is -2.15. The van der Waals surface area contributed by atoms with E-state index in [9.17, 15) is 4.79 Å². The van der Waals surface area contributed by atoms with Gasteiger partial charge in [0.05, 0.1) is 12.2 Å². The van der Waals surface area contributed by atoms with Crippen molar-refractivity contribution in [1.82, 2.24) is 0 Å². The average Bonchev–Trinajstić information content (AvgIpc) is 2.38. The third-order valence-corrected chi connectivity index (χ3v) is 3.50. The van der Waals surface area contributed by atoms with Crippen molar-refractivity contribution in [1.29, 1.82) is 0 Å². The van der Waals surface area contributed by atoms with Crippen LogP contribution in [0.1, 0.15) is 55.5 Å². The van der Waals surface area contributed by atoms with Crippen LogP contribution >= 0.6 is 0 Å². The van der Waals surface area contributed by atoms with Gasteiger partial charge in [0.2, 0.25) is 0 Å². The molecule has 0 radical (unpaired) electrons. The van der Waals surface area contributed by atoms with E-state index in [2.05, 4.69) is 13.8 Å². The van der Waals surface area contributed by atoms with Crippen molar-refractivity contribution in [2.75, 3.05) is 12.3 Å². The lowest BCUT2D eigenvalue weighted by Crippen LogP contribution is -2.16. The molecule has 0 amide bonds. The van der Waals surface area contributed by atoms with Gasteiger partial charge < -0.3 is 10.5 Å². The van der Waals surface area contributed by atoms with Crippen LogP contribution < -0.4 is 5.73 Å². The van der Waals surface area contributed by atoms with Crippen molar-refractivity contribution < 1.29 is 9.53 Å². The standard InChI is InChI=1S/C16H25NO2/c1-4-6-9-13(5-2)11-19-16(18)15-12(3)8-7-10-14(15)17/h7-8,10,13H,4-6,9,11,17H2,1-3H3. The van der Waals surface area contributed by atoms with Gasteiger partial charge >= 0.3 is 5.97 Å². The maximum Gasteiger partial charge on any atom is 0.340 e. The largest absolute Gasteiger partial charge is 0.462 e. The topological polar surface area (TPSA) is 52.3 Å². The number of esters is 1. The smallest absolute Gasteiger partial charge is 0.340 e. The third-order valence-electron chi connectivity index (χ3n) is 3.50. The minimum Gasteiger partial charge on any atom is -0.462 e. The second-order valence-corrected chi connectivity index (χ2v) is 5.05. The van der Waals surface area contributed by atoms with E-state index < -0.39 is 0 Å². The molecule has 0 aliphatic heterocycles. The molecule has 0 aliphatic carbocycles. The number of aryl methyl sites for hydroxylation is 1. The summed E-state index contributed by atoms with van der Waals surface area (Å²) in [7, 11) is 0. The first-order valence-electron chi connectivity index (χ1n) is 7.12. The molecule has 19 heavy (non-hydrogen) atoms. The summed E-state index contributed by atoms with van der Waals surface area (Å²) in [6, 6.07) is 5.46. The average molecular weight is 263 g/mol. The SMILES string of the molecule is CCCCC(CC)COC(=O)c1c(C)cccc1N. The summed E-state index contributed by atoms with van der Waals surface area (Å²) in [5.74, 6) is 0.152. The van der Waals surface area contributed by atoms with Gasteiger partial charge in [-0.25, -0.2) is 4.79 Å². The molecule has 2 N–H and O–H groups in total. The van der Waals surface area contributed by atoms with Crippen LogP contribution in [0.25, 0.3) is 0 Å². The Labute approximate surface area is 116 Å². The Hall–Kier alpha value is -1.51. The van der Waals surface area contributed by atoms with Crippen LogP contribution in [0.5, 0.6) is 0 Å². The second kappa shape index (κ2) is 7.82. The lowest BCUT2D eigenvalue weighted by atomic mass is 10.0. The highest BCUT2D eigenvalue weighted by Crippen LogP contribution is 2.19. The van der Waals surface area contributed by atoms with Crippen LogP contribution in [0, 0.1) is 12.8 Å². The number of anilines is 1. The zero-order chi connectivity index (χ0) is 14.3. The highest BCUT2D eigenvalue weighted by molar-refractivity contribution is 5.96. The maximum absolute atomic E-state index is 12.1. The molecular formula is C16H25NO2. The van der Waals surface area contributed by atoms with Gasteiger partial charge in [0.1, 0.15) is 0 Å². The van der Waals surface area contributed by atoms with Gasteiger partial charge in [-0.05, 0) is 30.9 Å². The van der Waals surface area contributed by atoms with Gasteiger partial charge in [0.25, 0.3) is 0 Å². The predicted octanol–water partition coefficient (Wildman–Crippen LogP) is 3.95. The molecule has 0 fully saturated rings. The van der Waals surface area contributed by atoms with E-state index in [-0.39, 0.29) is 5.97 Å². The number of carbonyl (C=O) groups excluding carboxylic acids is 1. The molecule has 1 unspecified atom stereocenters. The zero-order valence-corrected chi connectivity index (χ0v) is 12.2. The Balaban J connectivity index is 2.59. The zero-order valence-electron chi connectivity index (χ0n) is 12.2. The highest BCUT2D eigenvalue weighted by atomic mass is 16.5. The van der Waals surface area contributed by atoms with Crippen LogP contribution in [0.2, 0.25) is 0 Å². The Kier molecular flexibility index (Phi) is 6.40. The number of nitrogen functional groups attached to an aromatic ring is 1. The molecule has 1 atom stereocenters. The summed E-state index contributed by atoms with van der Waals surface area (Å²) in [6.07, 6.45) is 4.51. The number of nitrogens with two attached hydrogens (primary N) is 1. The van der Waals surface area contributed by atoms with Gasteiger partial charge in [-0.2, -0.15) is 0 Å². The normalized spacial score (nSPS) is 12.2. The van der Waals surface area contributed by atoms with Crippen LogP contribution in [0.15, 0.2) is 18.2 Å². The van der Waals surface area contributed by atoms with Gasteiger partial charge in [0, 0.05) is 5.69 Å². The van der Waals surface area contributed by atoms with E-state index in [1.54, 1.807) is 6.07 Å². The van der Waals surface area contributed by atoms with Crippen LogP contribution in [0.4, 0.5) is 5.69 Å². The molecule has 0 saturated carbocycles. The van der Waals surface area contributed by atoms with Crippen LogP contribution in [-0.4, -0.2) is 12.6 Å². The maximum atomic E-state index is 12.1. The molecule has 3 nitrogen and oxygen atoms in total. The number of benzene rings is 1. The highest BCUT2D eigenvalue weighted by Gasteiger charge is 2.16. The molecule has 1 rings (SSSR count). The minimum atomic E-state index is -0.300. The third kappa shape index (κ3) is 4.58. The molecule has 0 saturated heterocycles. The minimum absolute atomic E-state index is 0.300. The number of hydrogen-bond acceptors (Lipinski definition) is 3. The van der Waals surface area contributed by atoms with E-state index in [1.807, 2.05) is 19.1 Å². The van der Waals surface area contributed by atoms with Gasteiger partial charge in [-0.3, -0.25) is 0 Å². The van der Waals surface area contributed by atoms with E-state index in [0.29, 0.717) is 23.8 Å². The number of unbranched alkanes of at least 4 members (excludes halogenated alkanes) is 1. The van der Waals surface area contributed by atoms with Crippen molar-refractivity contribution in [2.45, 2.75) is 46.5 Å². The molecule has 106 valence electrons. The van der Waals surface area contributed by atoms with Gasteiger partial charge in [-0.15, -0.1) is 0 Å². The summed E-state index contributed by atoms with van der Waals surface area (Å²) in [5.41, 5.74) is 7.71. The first-order valence-corrected chi connectivity index (χ1v) is 7.12. The molecule has 0 bridgehead atoms. The summed E-state index contributed by atoms with van der Waals surface area (Å²) >= 11 is 0. The Morgan fingerprint density at radius 2 is 2.11 bits per heavy atom. The molecular weight excluding hydrogens is 238 g/mol. The second-order valence-electron chi connectivity index (χ2n) is 5.05. The summed E-state index contributed by atoms with van der Waals surface area (Å²) in [4.78, 5) is 12.1. The fourth-order valence-corrected chi connectivity index (χ4v) is 2.13. The Morgan fingerprint density at radius 1 is 1.37 bits per heavy atom. The fraction of sp³-hybridized carbons (Fsp3) is 0.562. The number of rotatable bonds is 7. The molecule has 0 aromatic heterocycles. The van der Waals surface area contributed by atoms with Gasteiger partial charge in [-0.1, -0.05) is 45.2 Å². The molecule has 0 aliphatic rings. The summed E-state index contributed by atoms with van der Waals surface area (Å²) in [5, 5.41) is 0. The van der Waals surface area contributed by atoms with Crippen LogP contribution in [0.3, 0.4) is 0 Å². The summed E-state index contributed by atoms with van der Waals surface area (Å²) in [6.45, 7) is 6.67.